The molecule has 1 aromatic carbocycles. The maximum Gasteiger partial charge on any atom is 0.274 e. The Labute approximate surface area is 156 Å². The zero-order valence-corrected chi connectivity index (χ0v) is 15.6. The summed E-state index contributed by atoms with van der Waals surface area (Å²) in [4.78, 5) is 25.8. The van der Waals surface area contributed by atoms with Crippen LogP contribution >= 0.6 is 23.2 Å². The van der Waals surface area contributed by atoms with Gasteiger partial charge < -0.3 is 15.1 Å². The number of likely N-dealkylation sites (N-methyl/N-ethyl adjacent to an activating group) is 1. The topological polar surface area (TPSA) is 61.4 Å². The SMILES string of the molecule is Cc1cc(C(=O)Nc2cccc(Cl)c2Cl)nc(N2CCN(C)CC2)n1. The Bertz CT molecular complexity index is 791. The molecule has 2 aromatic rings. The van der Waals surface area contributed by atoms with Crippen molar-refractivity contribution >= 4 is 40.7 Å². The molecule has 0 atom stereocenters. The molecule has 8 heteroatoms. The summed E-state index contributed by atoms with van der Waals surface area (Å²) in [5.74, 6) is 0.237. The van der Waals surface area contributed by atoms with Gasteiger partial charge in [-0.1, -0.05) is 29.3 Å². The molecule has 6 nitrogen and oxygen atoms in total. The molecule has 2 heterocycles. The van der Waals surface area contributed by atoms with E-state index in [1.54, 1.807) is 24.3 Å². The van der Waals surface area contributed by atoms with Gasteiger partial charge in [-0.15, -0.1) is 0 Å². The lowest BCUT2D eigenvalue weighted by Crippen LogP contribution is -2.45. The fourth-order valence-electron chi connectivity index (χ4n) is 2.60. The highest BCUT2D eigenvalue weighted by Crippen LogP contribution is 2.29. The van der Waals surface area contributed by atoms with Crippen LogP contribution in [0.25, 0.3) is 0 Å². The number of nitrogens with one attached hydrogen (secondary N) is 1. The third kappa shape index (κ3) is 4.21. The highest BCUT2D eigenvalue weighted by molar-refractivity contribution is 6.44. The molecule has 0 saturated carbocycles. The number of hydrogen-bond acceptors (Lipinski definition) is 5. The van der Waals surface area contributed by atoms with Crippen LogP contribution in [0.4, 0.5) is 11.6 Å². The van der Waals surface area contributed by atoms with Crippen molar-refractivity contribution in [2.45, 2.75) is 6.92 Å². The third-order valence-electron chi connectivity index (χ3n) is 4.06. The van der Waals surface area contributed by atoms with E-state index in [2.05, 4.69) is 32.1 Å². The smallest absolute Gasteiger partial charge is 0.274 e. The summed E-state index contributed by atoms with van der Waals surface area (Å²) in [7, 11) is 2.09. The second-order valence-corrected chi connectivity index (χ2v) is 6.83. The molecule has 0 unspecified atom stereocenters. The van der Waals surface area contributed by atoms with E-state index < -0.39 is 0 Å². The molecule has 132 valence electrons. The maximum atomic E-state index is 12.6. The van der Waals surface area contributed by atoms with Crippen molar-refractivity contribution in [1.82, 2.24) is 14.9 Å². The number of rotatable bonds is 3. The van der Waals surface area contributed by atoms with Crippen LogP contribution in [0.15, 0.2) is 24.3 Å². The van der Waals surface area contributed by atoms with Gasteiger partial charge in [0.15, 0.2) is 0 Å². The van der Waals surface area contributed by atoms with Crippen molar-refractivity contribution in [1.29, 1.82) is 0 Å². The molecule has 0 spiro atoms. The van der Waals surface area contributed by atoms with E-state index in [0.717, 1.165) is 31.9 Å². The zero-order chi connectivity index (χ0) is 18.0. The number of aryl methyl sites for hydroxylation is 1. The number of piperazine rings is 1. The normalized spacial score (nSPS) is 15.3. The van der Waals surface area contributed by atoms with Gasteiger partial charge in [0, 0.05) is 31.9 Å². The quantitative estimate of drug-likeness (QED) is 0.887. The molecule has 0 radical (unpaired) electrons. The van der Waals surface area contributed by atoms with Crippen LogP contribution in [0.5, 0.6) is 0 Å². The van der Waals surface area contributed by atoms with Gasteiger partial charge in [-0.05, 0) is 32.2 Å². The number of halogens is 2. The van der Waals surface area contributed by atoms with Crippen LogP contribution in [0.2, 0.25) is 10.0 Å². The number of carbonyl (C=O) groups excluding carboxylic acids is 1. The van der Waals surface area contributed by atoms with Gasteiger partial charge in [0.1, 0.15) is 5.69 Å². The third-order valence-corrected chi connectivity index (χ3v) is 4.88. The zero-order valence-electron chi connectivity index (χ0n) is 14.1. The summed E-state index contributed by atoms with van der Waals surface area (Å²) in [6.07, 6.45) is 0. The Balaban J connectivity index is 1.82. The first-order valence-electron chi connectivity index (χ1n) is 7.98. The average Bonchev–Trinajstić information content (AvgIpc) is 2.59. The molecule has 1 amide bonds. The summed E-state index contributed by atoms with van der Waals surface area (Å²) in [6, 6.07) is 6.75. The Morgan fingerprint density at radius 1 is 1.16 bits per heavy atom. The number of hydrogen-bond donors (Lipinski definition) is 1. The number of amides is 1. The number of carbonyl (C=O) groups is 1. The van der Waals surface area contributed by atoms with E-state index in [4.69, 9.17) is 23.2 Å². The monoisotopic (exact) mass is 379 g/mol. The van der Waals surface area contributed by atoms with Crippen molar-refractivity contribution in [3.05, 3.63) is 45.7 Å². The molecule has 3 rings (SSSR count). The molecule has 1 aliphatic rings. The van der Waals surface area contributed by atoms with Gasteiger partial charge >= 0.3 is 0 Å². The summed E-state index contributed by atoms with van der Waals surface area (Å²) in [5.41, 5.74) is 1.50. The molecular weight excluding hydrogens is 361 g/mol. The largest absolute Gasteiger partial charge is 0.338 e. The van der Waals surface area contributed by atoms with Crippen LogP contribution in [-0.2, 0) is 0 Å². The van der Waals surface area contributed by atoms with Crippen LogP contribution in [0.3, 0.4) is 0 Å². The minimum Gasteiger partial charge on any atom is -0.338 e. The fourth-order valence-corrected chi connectivity index (χ4v) is 2.95. The minimum absolute atomic E-state index is 0.303. The van der Waals surface area contributed by atoms with E-state index in [-0.39, 0.29) is 5.91 Å². The predicted octanol–water partition coefficient (Wildman–Crippen LogP) is 3.10. The van der Waals surface area contributed by atoms with E-state index >= 15 is 0 Å². The lowest BCUT2D eigenvalue weighted by Gasteiger charge is -2.32. The van der Waals surface area contributed by atoms with Crippen LogP contribution in [-0.4, -0.2) is 54.0 Å². The van der Waals surface area contributed by atoms with Crippen molar-refractivity contribution < 1.29 is 4.79 Å². The molecule has 1 N–H and O–H groups in total. The molecule has 1 fully saturated rings. The van der Waals surface area contributed by atoms with Crippen molar-refractivity contribution in [2.24, 2.45) is 0 Å². The van der Waals surface area contributed by atoms with Crippen molar-refractivity contribution in [3.63, 3.8) is 0 Å². The van der Waals surface area contributed by atoms with Crippen LogP contribution < -0.4 is 10.2 Å². The highest BCUT2D eigenvalue weighted by Gasteiger charge is 2.19. The first kappa shape index (κ1) is 17.9. The number of nitrogens with zero attached hydrogens (tertiary/aromatic N) is 4. The van der Waals surface area contributed by atoms with Crippen molar-refractivity contribution in [3.8, 4) is 0 Å². The molecule has 1 aromatic heterocycles. The van der Waals surface area contributed by atoms with Gasteiger partial charge in [0.2, 0.25) is 5.95 Å². The van der Waals surface area contributed by atoms with E-state index in [0.29, 0.717) is 27.4 Å². The van der Waals surface area contributed by atoms with Gasteiger partial charge in [-0.25, -0.2) is 9.97 Å². The Morgan fingerprint density at radius 2 is 1.88 bits per heavy atom. The van der Waals surface area contributed by atoms with E-state index in [1.165, 1.54) is 0 Å². The molecular formula is C17H19Cl2N5O. The van der Waals surface area contributed by atoms with Crippen LogP contribution in [0.1, 0.15) is 16.2 Å². The molecule has 0 aliphatic carbocycles. The number of anilines is 2. The maximum absolute atomic E-state index is 12.6. The Hall–Kier alpha value is -1.89. The molecule has 25 heavy (non-hydrogen) atoms. The van der Waals surface area contributed by atoms with Gasteiger partial charge in [0.05, 0.1) is 15.7 Å². The molecule has 0 bridgehead atoms. The standard InChI is InChI=1S/C17H19Cl2N5O/c1-11-10-14(16(25)21-13-5-3-4-12(18)15(13)19)22-17(20-11)24-8-6-23(2)7-9-24/h3-5,10H,6-9H2,1-2H3,(H,21,25). The Kier molecular flexibility index (Phi) is 5.42. The second-order valence-electron chi connectivity index (χ2n) is 6.04. The number of aromatic nitrogens is 2. The lowest BCUT2D eigenvalue weighted by atomic mass is 10.2. The highest BCUT2D eigenvalue weighted by atomic mass is 35.5. The average molecular weight is 380 g/mol. The lowest BCUT2D eigenvalue weighted by molar-refractivity contribution is 0.102. The molecule has 1 aliphatic heterocycles. The predicted molar refractivity (Wildman–Crippen MR) is 101 cm³/mol. The first-order chi connectivity index (χ1) is 11.9. The van der Waals surface area contributed by atoms with Gasteiger partial charge in [-0.3, -0.25) is 4.79 Å². The summed E-state index contributed by atoms with van der Waals surface area (Å²) >= 11 is 12.1. The molecule has 1 saturated heterocycles. The summed E-state index contributed by atoms with van der Waals surface area (Å²) in [5, 5.41) is 3.45. The summed E-state index contributed by atoms with van der Waals surface area (Å²) in [6.45, 7) is 5.40. The Morgan fingerprint density at radius 3 is 2.60 bits per heavy atom. The second kappa shape index (κ2) is 7.56. The van der Waals surface area contributed by atoms with E-state index in [1.807, 2.05) is 6.92 Å². The summed E-state index contributed by atoms with van der Waals surface area (Å²) < 4.78 is 0. The minimum atomic E-state index is -0.343. The van der Waals surface area contributed by atoms with Crippen molar-refractivity contribution in [2.75, 3.05) is 43.4 Å². The van der Waals surface area contributed by atoms with Crippen LogP contribution in [0, 0.1) is 6.92 Å². The number of benzene rings is 1. The van der Waals surface area contributed by atoms with Gasteiger partial charge in [0.25, 0.3) is 5.91 Å². The van der Waals surface area contributed by atoms with Gasteiger partial charge in [-0.2, -0.15) is 0 Å². The fraction of sp³-hybridized carbons (Fsp3) is 0.353. The van der Waals surface area contributed by atoms with E-state index in [9.17, 15) is 4.79 Å². The first-order valence-corrected chi connectivity index (χ1v) is 8.74.